The molecule has 1 fully saturated rings. The Morgan fingerprint density at radius 1 is 1.53 bits per heavy atom. The lowest BCUT2D eigenvalue weighted by molar-refractivity contribution is -0.110. The van der Waals surface area contributed by atoms with Crippen molar-refractivity contribution in [2.45, 2.75) is 32.8 Å². The van der Waals surface area contributed by atoms with Gasteiger partial charge in [0.2, 0.25) is 0 Å². The molecule has 0 spiro atoms. The Morgan fingerprint density at radius 3 is 2.65 bits per heavy atom. The number of carbonyl (C=O) groups excluding carboxylic acids is 1. The van der Waals surface area contributed by atoms with E-state index in [9.17, 15) is 9.90 Å². The van der Waals surface area contributed by atoms with Crippen LogP contribution < -0.4 is 0 Å². The topological polar surface area (TPSA) is 40.5 Å². The van der Waals surface area contributed by atoms with Gasteiger partial charge < -0.3 is 10.0 Å². The summed E-state index contributed by atoms with van der Waals surface area (Å²) in [6.07, 6.45) is 0.966. The highest BCUT2D eigenvalue weighted by Crippen LogP contribution is 2.31. The smallest absolute Gasteiger partial charge is 0.264 e. The predicted octanol–water partition coefficient (Wildman–Crippen LogP) is 2.15. The quantitative estimate of drug-likeness (QED) is 0.896. The van der Waals surface area contributed by atoms with Crippen LogP contribution in [0.25, 0.3) is 0 Å². The third-order valence-corrected chi connectivity index (χ3v) is 4.73. The molecule has 1 N–H and O–H groups in total. The van der Waals surface area contributed by atoms with Crippen LogP contribution in [0.15, 0.2) is 12.1 Å². The van der Waals surface area contributed by atoms with E-state index in [0.29, 0.717) is 13.1 Å². The first kappa shape index (κ1) is 12.6. The summed E-state index contributed by atoms with van der Waals surface area (Å²) >= 11 is 1.55. The fourth-order valence-corrected chi connectivity index (χ4v) is 2.88. The number of aryl methyl sites for hydroxylation is 1. The van der Waals surface area contributed by atoms with Gasteiger partial charge in [0.1, 0.15) is 5.60 Å². The number of hydrogen-bond acceptors (Lipinski definition) is 3. The second-order valence-corrected chi connectivity index (χ2v) is 6.21. The largest absolute Gasteiger partial charge is 0.386 e. The highest BCUT2D eigenvalue weighted by Gasteiger charge is 2.46. The van der Waals surface area contributed by atoms with Crippen molar-refractivity contribution in [3.05, 3.63) is 21.9 Å². The van der Waals surface area contributed by atoms with Crippen molar-refractivity contribution in [2.24, 2.45) is 5.92 Å². The molecule has 0 aromatic carbocycles. The molecule has 3 nitrogen and oxygen atoms in total. The zero-order chi connectivity index (χ0) is 12.6. The van der Waals surface area contributed by atoms with Gasteiger partial charge in [-0.2, -0.15) is 0 Å². The number of nitrogens with zero attached hydrogens (tertiary/aromatic N) is 1. The summed E-state index contributed by atoms with van der Waals surface area (Å²) in [5.74, 6) is 0.251. The van der Waals surface area contributed by atoms with E-state index in [1.807, 2.05) is 26.0 Å². The summed E-state index contributed by atoms with van der Waals surface area (Å²) in [6.45, 7) is 6.98. The number of likely N-dealkylation sites (tertiary alicyclic amines) is 1. The van der Waals surface area contributed by atoms with Crippen LogP contribution in [0.2, 0.25) is 0 Å². The Bertz CT molecular complexity index is 419. The third kappa shape index (κ3) is 2.24. The summed E-state index contributed by atoms with van der Waals surface area (Å²) in [6, 6.07) is 3.89. The lowest BCUT2D eigenvalue weighted by atomic mass is 9.83. The Hall–Kier alpha value is -0.870. The van der Waals surface area contributed by atoms with Crippen molar-refractivity contribution in [3.63, 3.8) is 0 Å². The van der Waals surface area contributed by atoms with Gasteiger partial charge in [0, 0.05) is 4.88 Å². The first-order chi connectivity index (χ1) is 7.96. The molecule has 1 aromatic rings. The van der Waals surface area contributed by atoms with Crippen LogP contribution in [-0.4, -0.2) is 34.6 Å². The van der Waals surface area contributed by atoms with Gasteiger partial charge in [-0.05, 0) is 24.5 Å². The van der Waals surface area contributed by atoms with Gasteiger partial charge in [-0.15, -0.1) is 11.3 Å². The second kappa shape index (κ2) is 4.42. The van der Waals surface area contributed by atoms with E-state index in [1.165, 1.54) is 4.88 Å². The first-order valence-corrected chi connectivity index (χ1v) is 6.88. The summed E-state index contributed by atoms with van der Waals surface area (Å²) < 4.78 is 0. The fourth-order valence-electron chi connectivity index (χ4n) is 1.96. The van der Waals surface area contributed by atoms with Crippen molar-refractivity contribution in [2.75, 3.05) is 13.1 Å². The summed E-state index contributed by atoms with van der Waals surface area (Å²) in [5.41, 5.74) is -0.680. The number of β-amino-alcohol motifs (C(OH)–C–C–N with tert-alkyl or cyclic N) is 1. The van der Waals surface area contributed by atoms with Crippen LogP contribution in [-0.2, 0) is 6.42 Å². The molecule has 4 heteroatoms. The molecule has 0 unspecified atom stereocenters. The molecule has 1 aliphatic heterocycles. The Balaban J connectivity index is 2.00. The average molecular weight is 253 g/mol. The monoisotopic (exact) mass is 253 g/mol. The predicted molar refractivity (Wildman–Crippen MR) is 69.4 cm³/mol. The highest BCUT2D eigenvalue weighted by atomic mass is 32.1. The Labute approximate surface area is 106 Å². The van der Waals surface area contributed by atoms with Gasteiger partial charge in [-0.3, -0.25) is 4.79 Å². The van der Waals surface area contributed by atoms with Crippen LogP contribution >= 0.6 is 11.3 Å². The molecule has 94 valence electrons. The number of hydrogen-bond donors (Lipinski definition) is 1. The minimum absolute atomic E-state index is 0.0556. The molecule has 1 aromatic heterocycles. The second-order valence-electron chi connectivity index (χ2n) is 5.04. The van der Waals surface area contributed by atoms with Crippen molar-refractivity contribution in [1.82, 2.24) is 4.90 Å². The lowest BCUT2D eigenvalue weighted by Gasteiger charge is -2.48. The normalized spacial score (nSPS) is 18.3. The van der Waals surface area contributed by atoms with E-state index < -0.39 is 5.60 Å². The number of rotatable bonds is 3. The maximum absolute atomic E-state index is 12.1. The van der Waals surface area contributed by atoms with Gasteiger partial charge in [0.15, 0.2) is 0 Å². The maximum Gasteiger partial charge on any atom is 0.264 e. The van der Waals surface area contributed by atoms with Crippen molar-refractivity contribution >= 4 is 17.2 Å². The highest BCUT2D eigenvalue weighted by molar-refractivity contribution is 7.14. The molecule has 0 aliphatic carbocycles. The number of carbonyl (C=O) groups is 1. The van der Waals surface area contributed by atoms with Crippen LogP contribution in [0.5, 0.6) is 0 Å². The first-order valence-electron chi connectivity index (χ1n) is 6.06. The van der Waals surface area contributed by atoms with E-state index in [1.54, 1.807) is 16.2 Å². The maximum atomic E-state index is 12.1. The molecular formula is C13H19NO2S. The summed E-state index contributed by atoms with van der Waals surface area (Å²) in [5, 5.41) is 10.1. The minimum atomic E-state index is -0.680. The zero-order valence-electron chi connectivity index (χ0n) is 10.6. The molecule has 2 rings (SSSR count). The molecular weight excluding hydrogens is 234 g/mol. The molecule has 0 atom stereocenters. The van der Waals surface area contributed by atoms with Crippen molar-refractivity contribution in [3.8, 4) is 0 Å². The van der Waals surface area contributed by atoms with Crippen LogP contribution in [0.3, 0.4) is 0 Å². The van der Waals surface area contributed by atoms with E-state index in [-0.39, 0.29) is 11.8 Å². The van der Waals surface area contributed by atoms with Crippen molar-refractivity contribution < 1.29 is 9.90 Å². The van der Waals surface area contributed by atoms with Crippen LogP contribution in [0, 0.1) is 5.92 Å². The van der Waals surface area contributed by atoms with Gasteiger partial charge >= 0.3 is 0 Å². The molecule has 0 bridgehead atoms. The van der Waals surface area contributed by atoms with Crippen molar-refractivity contribution in [1.29, 1.82) is 0 Å². The Kier molecular flexibility index (Phi) is 3.27. The molecule has 0 radical (unpaired) electrons. The van der Waals surface area contributed by atoms with E-state index in [0.717, 1.165) is 11.3 Å². The number of aliphatic hydroxyl groups is 1. The van der Waals surface area contributed by atoms with Gasteiger partial charge in [-0.25, -0.2) is 0 Å². The zero-order valence-corrected chi connectivity index (χ0v) is 11.4. The van der Waals surface area contributed by atoms with Gasteiger partial charge in [0.05, 0.1) is 18.0 Å². The van der Waals surface area contributed by atoms with Gasteiger partial charge in [-0.1, -0.05) is 20.8 Å². The van der Waals surface area contributed by atoms with E-state index in [4.69, 9.17) is 0 Å². The number of thiophene rings is 1. The molecule has 2 heterocycles. The molecule has 0 saturated carbocycles. The molecule has 1 amide bonds. The van der Waals surface area contributed by atoms with Crippen LogP contribution in [0.1, 0.15) is 35.3 Å². The SMILES string of the molecule is CCc1ccc(C(=O)N2CC(O)(C(C)C)C2)s1. The average Bonchev–Trinajstić information content (AvgIpc) is 2.71. The van der Waals surface area contributed by atoms with Gasteiger partial charge in [0.25, 0.3) is 5.91 Å². The summed E-state index contributed by atoms with van der Waals surface area (Å²) in [7, 11) is 0. The standard InChI is InChI=1S/C13H19NO2S/c1-4-10-5-6-11(17-10)12(15)14-7-13(16,8-14)9(2)3/h5-6,9,16H,4,7-8H2,1-3H3. The molecule has 17 heavy (non-hydrogen) atoms. The third-order valence-electron chi connectivity index (χ3n) is 3.51. The Morgan fingerprint density at radius 2 is 2.18 bits per heavy atom. The minimum Gasteiger partial charge on any atom is -0.386 e. The fraction of sp³-hybridized carbons (Fsp3) is 0.615. The van der Waals surface area contributed by atoms with Crippen LogP contribution in [0.4, 0.5) is 0 Å². The number of amides is 1. The van der Waals surface area contributed by atoms with E-state index in [2.05, 4.69) is 6.92 Å². The molecule has 1 saturated heterocycles. The molecule has 1 aliphatic rings. The van der Waals surface area contributed by atoms with E-state index >= 15 is 0 Å². The lowest BCUT2D eigenvalue weighted by Crippen LogP contribution is -2.65. The summed E-state index contributed by atoms with van der Waals surface area (Å²) in [4.78, 5) is 15.8.